The van der Waals surface area contributed by atoms with Crippen molar-refractivity contribution in [3.63, 3.8) is 0 Å². The Kier molecular flexibility index (Phi) is 6.76. The van der Waals surface area contributed by atoms with Gasteiger partial charge in [-0.15, -0.1) is 0 Å². The number of carbonyl (C=O) groups is 1. The number of rotatable bonds is 7. The lowest BCUT2D eigenvalue weighted by Crippen LogP contribution is -2.47. The Morgan fingerprint density at radius 3 is 2.36 bits per heavy atom. The van der Waals surface area contributed by atoms with Crippen LogP contribution in [0.2, 0.25) is 0 Å². The molecular weight excluding hydrogens is 356 g/mol. The first-order valence-electron chi connectivity index (χ1n) is 9.51. The van der Waals surface area contributed by atoms with Gasteiger partial charge in [0, 0.05) is 24.7 Å². The van der Waals surface area contributed by atoms with Crippen LogP contribution < -0.4 is 19.5 Å². The van der Waals surface area contributed by atoms with E-state index in [1.165, 1.54) is 5.56 Å². The highest BCUT2D eigenvalue weighted by Gasteiger charge is 2.23. The van der Waals surface area contributed by atoms with Gasteiger partial charge >= 0.3 is 0 Å². The Bertz CT molecular complexity index is 769. The van der Waals surface area contributed by atoms with Crippen molar-refractivity contribution in [2.24, 2.45) is 0 Å². The number of amides is 1. The molecule has 0 aromatic heterocycles. The maximum absolute atomic E-state index is 12.8. The van der Waals surface area contributed by atoms with Crippen LogP contribution in [0.15, 0.2) is 42.5 Å². The van der Waals surface area contributed by atoms with E-state index in [9.17, 15) is 4.79 Å². The van der Waals surface area contributed by atoms with E-state index in [-0.39, 0.29) is 11.9 Å². The number of hydrogen-bond acceptors (Lipinski definition) is 5. The summed E-state index contributed by atoms with van der Waals surface area (Å²) in [6.07, 6.45) is 2.04. The van der Waals surface area contributed by atoms with Gasteiger partial charge in [-0.05, 0) is 37.1 Å². The second-order valence-corrected chi connectivity index (χ2v) is 6.95. The number of carbonyl (C=O) groups excluding carboxylic acids is 1. The van der Waals surface area contributed by atoms with Gasteiger partial charge in [-0.2, -0.15) is 0 Å². The van der Waals surface area contributed by atoms with E-state index in [1.807, 2.05) is 6.07 Å². The van der Waals surface area contributed by atoms with Gasteiger partial charge < -0.3 is 19.5 Å². The zero-order valence-corrected chi connectivity index (χ0v) is 16.7. The molecule has 1 atom stereocenters. The third-order valence-electron chi connectivity index (χ3n) is 5.02. The average molecular weight is 384 g/mol. The molecule has 1 N–H and O–H groups in total. The summed E-state index contributed by atoms with van der Waals surface area (Å²) in [4.78, 5) is 15.2. The molecule has 1 aliphatic heterocycles. The van der Waals surface area contributed by atoms with Gasteiger partial charge in [-0.25, -0.2) is 0 Å². The van der Waals surface area contributed by atoms with Crippen LogP contribution in [0, 0.1) is 0 Å². The van der Waals surface area contributed by atoms with Gasteiger partial charge in [0.2, 0.25) is 5.75 Å². The summed E-state index contributed by atoms with van der Waals surface area (Å²) in [5.74, 6) is 1.29. The van der Waals surface area contributed by atoms with Gasteiger partial charge in [-0.3, -0.25) is 9.69 Å². The van der Waals surface area contributed by atoms with Gasteiger partial charge in [0.25, 0.3) is 5.91 Å². The number of piperidine rings is 1. The van der Waals surface area contributed by atoms with Gasteiger partial charge in [0.1, 0.15) is 0 Å². The maximum atomic E-state index is 12.8. The van der Waals surface area contributed by atoms with E-state index >= 15 is 0 Å². The van der Waals surface area contributed by atoms with Crippen molar-refractivity contribution >= 4 is 5.91 Å². The van der Waals surface area contributed by atoms with Crippen molar-refractivity contribution in [2.75, 3.05) is 34.4 Å². The molecule has 0 saturated carbocycles. The molecule has 6 heteroatoms. The molecular formula is C22H28N2O4. The van der Waals surface area contributed by atoms with Crippen molar-refractivity contribution in [1.29, 1.82) is 0 Å². The van der Waals surface area contributed by atoms with Gasteiger partial charge in [0.15, 0.2) is 11.5 Å². The molecule has 1 aliphatic rings. The molecule has 1 heterocycles. The Hall–Kier alpha value is -2.73. The van der Waals surface area contributed by atoms with Crippen molar-refractivity contribution in [3.8, 4) is 17.2 Å². The highest BCUT2D eigenvalue weighted by Crippen LogP contribution is 2.38. The molecule has 1 unspecified atom stereocenters. The average Bonchev–Trinajstić information content (AvgIpc) is 2.73. The summed E-state index contributed by atoms with van der Waals surface area (Å²) in [5, 5.41) is 3.16. The SMILES string of the molecule is COc1cc(C(=O)NC2CCCN(Cc3ccccc3)C2)cc(OC)c1OC. The molecule has 3 rings (SSSR count). The fourth-order valence-corrected chi connectivity index (χ4v) is 3.64. The second kappa shape index (κ2) is 9.46. The van der Waals surface area contributed by atoms with Crippen LogP contribution in [0.3, 0.4) is 0 Å². The lowest BCUT2D eigenvalue weighted by atomic mass is 10.0. The number of likely N-dealkylation sites (tertiary alicyclic amines) is 1. The zero-order valence-electron chi connectivity index (χ0n) is 16.7. The quantitative estimate of drug-likeness (QED) is 0.795. The maximum Gasteiger partial charge on any atom is 0.251 e. The van der Waals surface area contributed by atoms with E-state index in [2.05, 4.69) is 34.5 Å². The molecule has 28 heavy (non-hydrogen) atoms. The molecule has 2 aromatic rings. The molecule has 0 spiro atoms. The van der Waals surface area contributed by atoms with E-state index in [4.69, 9.17) is 14.2 Å². The Labute approximate surface area is 166 Å². The molecule has 0 aliphatic carbocycles. The number of nitrogens with one attached hydrogen (secondary N) is 1. The summed E-state index contributed by atoms with van der Waals surface area (Å²) in [7, 11) is 4.63. The first kappa shape index (κ1) is 20.0. The molecule has 1 amide bonds. The zero-order chi connectivity index (χ0) is 19.9. The highest BCUT2D eigenvalue weighted by atomic mass is 16.5. The van der Waals surface area contributed by atoms with Crippen LogP contribution in [0.4, 0.5) is 0 Å². The standard InChI is InChI=1S/C22H28N2O4/c1-26-19-12-17(13-20(27-2)21(19)28-3)22(25)23-18-10-7-11-24(15-18)14-16-8-5-4-6-9-16/h4-6,8-9,12-13,18H,7,10-11,14-15H2,1-3H3,(H,23,25). The molecule has 2 aromatic carbocycles. The predicted octanol–water partition coefficient (Wildman–Crippen LogP) is 3.11. The van der Waals surface area contributed by atoms with Gasteiger partial charge in [-0.1, -0.05) is 30.3 Å². The van der Waals surface area contributed by atoms with Crippen LogP contribution in [0.1, 0.15) is 28.8 Å². The molecule has 150 valence electrons. The minimum absolute atomic E-state index is 0.115. The van der Waals surface area contributed by atoms with E-state index in [0.29, 0.717) is 22.8 Å². The fourth-order valence-electron chi connectivity index (χ4n) is 3.64. The summed E-state index contributed by atoms with van der Waals surface area (Å²) < 4.78 is 16.0. The summed E-state index contributed by atoms with van der Waals surface area (Å²) in [6, 6.07) is 13.9. The lowest BCUT2D eigenvalue weighted by molar-refractivity contribution is 0.0900. The number of benzene rings is 2. The van der Waals surface area contributed by atoms with E-state index in [1.54, 1.807) is 33.5 Å². The van der Waals surface area contributed by atoms with Crippen molar-refractivity contribution < 1.29 is 19.0 Å². The minimum atomic E-state index is -0.134. The summed E-state index contributed by atoms with van der Waals surface area (Å²) in [5.41, 5.74) is 1.79. The van der Waals surface area contributed by atoms with Crippen LogP contribution in [0.25, 0.3) is 0 Å². The van der Waals surface area contributed by atoms with Crippen molar-refractivity contribution in [2.45, 2.75) is 25.4 Å². The van der Waals surface area contributed by atoms with Crippen LogP contribution in [0.5, 0.6) is 17.2 Å². The number of methoxy groups -OCH3 is 3. The first-order chi connectivity index (χ1) is 13.6. The van der Waals surface area contributed by atoms with Crippen molar-refractivity contribution in [1.82, 2.24) is 10.2 Å². The number of nitrogens with zero attached hydrogens (tertiary/aromatic N) is 1. The van der Waals surface area contributed by atoms with Crippen molar-refractivity contribution in [3.05, 3.63) is 53.6 Å². The summed E-state index contributed by atoms with van der Waals surface area (Å²) in [6.45, 7) is 2.79. The van der Waals surface area contributed by atoms with E-state index in [0.717, 1.165) is 32.5 Å². The molecule has 6 nitrogen and oxygen atoms in total. The minimum Gasteiger partial charge on any atom is -0.493 e. The Morgan fingerprint density at radius 2 is 1.75 bits per heavy atom. The monoisotopic (exact) mass is 384 g/mol. The highest BCUT2D eigenvalue weighted by molar-refractivity contribution is 5.95. The topological polar surface area (TPSA) is 60.0 Å². The normalized spacial score (nSPS) is 17.0. The smallest absolute Gasteiger partial charge is 0.251 e. The second-order valence-electron chi connectivity index (χ2n) is 6.95. The number of ether oxygens (including phenoxy) is 3. The van der Waals surface area contributed by atoms with Crippen LogP contribution in [-0.4, -0.2) is 51.3 Å². The molecule has 0 bridgehead atoms. The van der Waals surface area contributed by atoms with Crippen LogP contribution >= 0.6 is 0 Å². The lowest BCUT2D eigenvalue weighted by Gasteiger charge is -2.33. The molecule has 1 saturated heterocycles. The predicted molar refractivity (Wildman–Crippen MR) is 108 cm³/mol. The fraction of sp³-hybridized carbons (Fsp3) is 0.409. The molecule has 0 radical (unpaired) electrons. The first-order valence-corrected chi connectivity index (χ1v) is 9.51. The Morgan fingerprint density at radius 1 is 1.07 bits per heavy atom. The van der Waals surface area contributed by atoms with Gasteiger partial charge in [0.05, 0.1) is 21.3 Å². The largest absolute Gasteiger partial charge is 0.493 e. The van der Waals surface area contributed by atoms with E-state index < -0.39 is 0 Å². The number of hydrogen-bond donors (Lipinski definition) is 1. The third-order valence-corrected chi connectivity index (χ3v) is 5.02. The van der Waals surface area contributed by atoms with Crippen LogP contribution in [-0.2, 0) is 6.54 Å². The summed E-state index contributed by atoms with van der Waals surface area (Å²) >= 11 is 0. The molecule has 1 fully saturated rings. The third kappa shape index (κ3) is 4.75. The Balaban J connectivity index is 1.67.